The Kier molecular flexibility index (Phi) is 3.87. The molecule has 0 N–H and O–H groups in total. The number of pyridine rings is 1. The zero-order valence-corrected chi connectivity index (χ0v) is 8.16. The number of carbonyl (C=O) groups excluding carboxylic acids is 1. The molecule has 7 heteroatoms. The van der Waals surface area contributed by atoms with Crippen LogP contribution in [-0.2, 0) is 4.79 Å². The quantitative estimate of drug-likeness (QED) is 0.336. The lowest BCUT2D eigenvalue weighted by molar-refractivity contribution is -0.485. The third-order valence-corrected chi connectivity index (χ3v) is 1.68. The van der Waals surface area contributed by atoms with Gasteiger partial charge in [-0.05, 0) is 12.1 Å². The first-order valence-corrected chi connectivity index (χ1v) is 4.26. The molecule has 0 aromatic carbocycles. The van der Waals surface area contributed by atoms with Gasteiger partial charge >= 0.3 is 6.04 Å². The second-order valence-electron chi connectivity index (χ2n) is 2.52. The number of nitrogens with zero attached hydrogens (tertiary/aromatic N) is 3. The van der Waals surface area contributed by atoms with Crippen LogP contribution in [0.15, 0.2) is 23.3 Å². The van der Waals surface area contributed by atoms with Crippen molar-refractivity contribution in [2.45, 2.75) is 6.04 Å². The summed E-state index contributed by atoms with van der Waals surface area (Å²) in [7, 11) is 0. The number of hydrogen-bond acceptors (Lipinski definition) is 5. The minimum atomic E-state index is -1.44. The van der Waals surface area contributed by atoms with Crippen LogP contribution in [0, 0.1) is 10.1 Å². The van der Waals surface area contributed by atoms with Crippen molar-refractivity contribution in [1.29, 1.82) is 0 Å². The third-order valence-electron chi connectivity index (χ3n) is 1.45. The van der Waals surface area contributed by atoms with Crippen LogP contribution in [0.4, 0.5) is 5.82 Å². The Morgan fingerprint density at radius 3 is 2.80 bits per heavy atom. The summed E-state index contributed by atoms with van der Waals surface area (Å²) in [6.07, 6.45) is 2.47. The summed E-state index contributed by atoms with van der Waals surface area (Å²) < 4.78 is 0. The molecule has 1 aromatic heterocycles. The predicted molar refractivity (Wildman–Crippen MR) is 54.2 cm³/mol. The number of rotatable bonds is 4. The van der Waals surface area contributed by atoms with E-state index < -0.39 is 11.0 Å². The van der Waals surface area contributed by atoms with Gasteiger partial charge in [-0.15, -0.1) is 0 Å². The van der Waals surface area contributed by atoms with Crippen LogP contribution >= 0.6 is 11.6 Å². The molecule has 0 radical (unpaired) electrons. The number of halogens is 1. The molecule has 78 valence electrons. The second-order valence-corrected chi connectivity index (χ2v) is 2.96. The third kappa shape index (κ3) is 3.43. The average Bonchev–Trinajstić information content (AvgIpc) is 2.21. The first kappa shape index (κ1) is 11.3. The molecule has 0 aliphatic heterocycles. The summed E-state index contributed by atoms with van der Waals surface area (Å²) in [6, 6.07) is 1.59. The summed E-state index contributed by atoms with van der Waals surface area (Å²) in [5, 5.41) is 10.7. The van der Waals surface area contributed by atoms with Crippen LogP contribution in [0.2, 0.25) is 5.02 Å². The van der Waals surface area contributed by atoms with E-state index >= 15 is 0 Å². The minimum absolute atomic E-state index is 0.194. The van der Waals surface area contributed by atoms with Gasteiger partial charge in [0.1, 0.15) is 0 Å². The fourth-order valence-electron chi connectivity index (χ4n) is 0.736. The van der Waals surface area contributed by atoms with E-state index in [0.717, 1.165) is 6.21 Å². The Morgan fingerprint density at radius 2 is 2.33 bits per heavy atom. The lowest BCUT2D eigenvalue weighted by Gasteiger charge is -1.94. The Labute approximate surface area is 89.8 Å². The Bertz CT molecular complexity index is 391. The summed E-state index contributed by atoms with van der Waals surface area (Å²) in [4.78, 5) is 27.2. The number of nitro groups is 1. The molecule has 1 heterocycles. The first-order valence-electron chi connectivity index (χ1n) is 3.88. The first-order chi connectivity index (χ1) is 7.13. The van der Waals surface area contributed by atoms with Gasteiger partial charge < -0.3 is 0 Å². The molecule has 15 heavy (non-hydrogen) atoms. The normalized spacial score (nSPS) is 12.6. The molecule has 1 aromatic rings. The van der Waals surface area contributed by atoms with Crippen LogP contribution in [0.1, 0.15) is 0 Å². The van der Waals surface area contributed by atoms with Crippen molar-refractivity contribution in [3.63, 3.8) is 0 Å². The maximum absolute atomic E-state index is 10.2. The molecule has 0 bridgehead atoms. The van der Waals surface area contributed by atoms with Crippen molar-refractivity contribution in [3.05, 3.63) is 33.5 Å². The lowest BCUT2D eigenvalue weighted by Crippen LogP contribution is -2.22. The molecule has 0 spiro atoms. The van der Waals surface area contributed by atoms with Gasteiger partial charge in [-0.25, -0.2) is 9.98 Å². The van der Waals surface area contributed by atoms with Crippen molar-refractivity contribution in [2.75, 3.05) is 0 Å². The smallest absolute Gasteiger partial charge is 0.295 e. The maximum Gasteiger partial charge on any atom is 0.302 e. The molecular formula is C8H6ClN3O3. The highest BCUT2D eigenvalue weighted by Gasteiger charge is 2.14. The number of aromatic nitrogens is 1. The topological polar surface area (TPSA) is 85.5 Å². The fraction of sp³-hybridized carbons (Fsp3) is 0.125. The monoisotopic (exact) mass is 227 g/mol. The lowest BCUT2D eigenvalue weighted by atomic mass is 10.4. The van der Waals surface area contributed by atoms with E-state index in [2.05, 4.69) is 9.98 Å². The highest BCUT2D eigenvalue weighted by molar-refractivity contribution is 6.30. The summed E-state index contributed by atoms with van der Waals surface area (Å²) in [6.45, 7) is 0. The van der Waals surface area contributed by atoms with Crippen LogP contribution in [0.5, 0.6) is 0 Å². The molecule has 1 rings (SSSR count). The number of hydrogen-bond donors (Lipinski definition) is 0. The number of aldehydes is 1. The van der Waals surface area contributed by atoms with E-state index in [1.54, 1.807) is 6.07 Å². The minimum Gasteiger partial charge on any atom is -0.295 e. The maximum atomic E-state index is 10.2. The van der Waals surface area contributed by atoms with Gasteiger partial charge in [0.25, 0.3) is 0 Å². The van der Waals surface area contributed by atoms with E-state index in [-0.39, 0.29) is 12.1 Å². The molecule has 1 atom stereocenters. The van der Waals surface area contributed by atoms with Crippen LogP contribution in [-0.4, -0.2) is 28.4 Å². The second kappa shape index (κ2) is 5.16. The standard InChI is InChI=1S/C8H6ClN3O3/c9-6-1-2-8(10-3-6)11-4-7(5-13)12(14)15/h1-5,7H. The molecule has 0 fully saturated rings. The summed E-state index contributed by atoms with van der Waals surface area (Å²) >= 11 is 5.57. The van der Waals surface area contributed by atoms with Crippen molar-refractivity contribution in [2.24, 2.45) is 4.99 Å². The number of aliphatic imine (C=N–C) groups is 1. The van der Waals surface area contributed by atoms with Gasteiger partial charge in [0, 0.05) is 11.1 Å². The van der Waals surface area contributed by atoms with Crippen LogP contribution < -0.4 is 0 Å². The highest BCUT2D eigenvalue weighted by Crippen LogP contribution is 2.11. The average molecular weight is 228 g/mol. The Balaban J connectivity index is 2.76. The molecule has 0 aliphatic rings. The van der Waals surface area contributed by atoms with Gasteiger partial charge in [0.15, 0.2) is 12.1 Å². The Hall–Kier alpha value is -1.82. The van der Waals surface area contributed by atoms with Crippen LogP contribution in [0.3, 0.4) is 0 Å². The number of carbonyl (C=O) groups is 1. The largest absolute Gasteiger partial charge is 0.302 e. The van der Waals surface area contributed by atoms with E-state index in [9.17, 15) is 14.9 Å². The van der Waals surface area contributed by atoms with Crippen molar-refractivity contribution in [1.82, 2.24) is 4.98 Å². The zero-order chi connectivity index (χ0) is 11.3. The molecule has 0 aliphatic carbocycles. The molecule has 0 saturated carbocycles. The highest BCUT2D eigenvalue weighted by atomic mass is 35.5. The predicted octanol–water partition coefficient (Wildman–Crippen LogP) is 1.28. The van der Waals surface area contributed by atoms with Gasteiger partial charge in [0.2, 0.25) is 0 Å². The molecule has 0 saturated heterocycles. The van der Waals surface area contributed by atoms with Crippen molar-refractivity contribution in [3.8, 4) is 0 Å². The van der Waals surface area contributed by atoms with Crippen molar-refractivity contribution >= 4 is 29.9 Å². The summed E-state index contributed by atoms with van der Waals surface area (Å²) in [5.41, 5.74) is 0. The molecule has 0 amide bonds. The van der Waals surface area contributed by atoms with Crippen molar-refractivity contribution < 1.29 is 9.72 Å². The van der Waals surface area contributed by atoms with Gasteiger partial charge in [0.05, 0.1) is 11.2 Å². The van der Waals surface area contributed by atoms with E-state index in [0.29, 0.717) is 5.02 Å². The van der Waals surface area contributed by atoms with Gasteiger partial charge in [-0.1, -0.05) is 11.6 Å². The SMILES string of the molecule is O=CC(C=Nc1ccc(Cl)cn1)[N+](=O)[O-]. The molecular weight excluding hydrogens is 222 g/mol. The van der Waals surface area contributed by atoms with Gasteiger partial charge in [-0.3, -0.25) is 14.9 Å². The van der Waals surface area contributed by atoms with Crippen LogP contribution in [0.25, 0.3) is 0 Å². The summed E-state index contributed by atoms with van der Waals surface area (Å²) in [5.74, 6) is 0.258. The molecule has 6 nitrogen and oxygen atoms in total. The molecule has 1 unspecified atom stereocenters. The van der Waals surface area contributed by atoms with E-state index in [1.807, 2.05) is 0 Å². The fourth-order valence-corrected chi connectivity index (χ4v) is 0.848. The Morgan fingerprint density at radius 1 is 1.60 bits per heavy atom. The van der Waals surface area contributed by atoms with Gasteiger partial charge in [-0.2, -0.15) is 0 Å². The zero-order valence-electron chi connectivity index (χ0n) is 7.41. The van der Waals surface area contributed by atoms with E-state index in [4.69, 9.17) is 11.6 Å². The van der Waals surface area contributed by atoms with E-state index in [1.165, 1.54) is 12.3 Å².